The van der Waals surface area contributed by atoms with Gasteiger partial charge < -0.3 is 14.8 Å². The molecule has 28 heavy (non-hydrogen) atoms. The van der Waals surface area contributed by atoms with Crippen LogP contribution in [0.2, 0.25) is 0 Å². The first-order valence-electron chi connectivity index (χ1n) is 9.67. The minimum Gasteiger partial charge on any atom is -0.496 e. The Morgan fingerprint density at radius 2 is 2.14 bits per heavy atom. The predicted octanol–water partition coefficient (Wildman–Crippen LogP) is 4.10. The minimum atomic E-state index is -0.193. The summed E-state index contributed by atoms with van der Waals surface area (Å²) in [4.78, 5) is 12.5. The fraction of sp³-hybridized carbons (Fsp3) is 0.524. The van der Waals surface area contributed by atoms with Gasteiger partial charge in [0.2, 0.25) is 5.91 Å². The maximum Gasteiger partial charge on any atom is 0.235 e. The maximum absolute atomic E-state index is 12.5. The number of fused-ring (bicyclic) bond motifs is 1. The normalized spacial score (nSPS) is 24.2. The maximum atomic E-state index is 12.5. The summed E-state index contributed by atoms with van der Waals surface area (Å²) in [6.07, 6.45) is 1.75. The summed E-state index contributed by atoms with van der Waals surface area (Å²) >= 11 is 1.62. The van der Waals surface area contributed by atoms with E-state index in [1.807, 2.05) is 29.8 Å². The van der Waals surface area contributed by atoms with Crippen LogP contribution in [0.3, 0.4) is 0 Å². The molecule has 1 saturated heterocycles. The summed E-state index contributed by atoms with van der Waals surface area (Å²) in [5.74, 6) is 2.07. The highest BCUT2D eigenvalue weighted by molar-refractivity contribution is 8.00. The van der Waals surface area contributed by atoms with E-state index in [2.05, 4.69) is 25.2 Å². The first-order chi connectivity index (χ1) is 13.4. The van der Waals surface area contributed by atoms with Crippen LogP contribution < -0.4 is 10.1 Å². The number of aryl methyl sites for hydroxylation is 1. The topological polar surface area (TPSA) is 65.4 Å². The van der Waals surface area contributed by atoms with E-state index in [-0.39, 0.29) is 22.8 Å². The number of hydrogen-bond acceptors (Lipinski definition) is 5. The van der Waals surface area contributed by atoms with E-state index in [0.29, 0.717) is 12.4 Å². The van der Waals surface area contributed by atoms with Crippen molar-refractivity contribution in [2.75, 3.05) is 24.8 Å². The van der Waals surface area contributed by atoms with E-state index in [4.69, 9.17) is 14.6 Å². The molecule has 0 spiro atoms. The summed E-state index contributed by atoms with van der Waals surface area (Å²) < 4.78 is 13.5. The smallest absolute Gasteiger partial charge is 0.235 e. The summed E-state index contributed by atoms with van der Waals surface area (Å²) in [6.45, 7) is 6.95. The van der Waals surface area contributed by atoms with Gasteiger partial charge in [-0.3, -0.25) is 4.79 Å². The van der Waals surface area contributed by atoms with Crippen molar-refractivity contribution >= 4 is 23.5 Å². The van der Waals surface area contributed by atoms with E-state index >= 15 is 0 Å². The molecule has 6 nitrogen and oxygen atoms in total. The van der Waals surface area contributed by atoms with E-state index in [1.54, 1.807) is 18.9 Å². The third-order valence-corrected chi connectivity index (χ3v) is 6.72. The van der Waals surface area contributed by atoms with Crippen molar-refractivity contribution in [2.24, 2.45) is 0 Å². The Hall–Kier alpha value is -1.99. The molecule has 1 amide bonds. The number of nitrogens with zero attached hydrogens (tertiary/aromatic N) is 2. The molecule has 2 aromatic rings. The zero-order chi connectivity index (χ0) is 19.9. The molecule has 0 aliphatic carbocycles. The largest absolute Gasteiger partial charge is 0.496 e. The van der Waals surface area contributed by atoms with Gasteiger partial charge in [0, 0.05) is 17.7 Å². The van der Waals surface area contributed by atoms with Crippen LogP contribution in [-0.2, 0) is 9.53 Å². The lowest BCUT2D eigenvalue weighted by atomic mass is 9.94. The number of amides is 1. The Labute approximate surface area is 170 Å². The highest BCUT2D eigenvalue weighted by Gasteiger charge is 2.36. The summed E-state index contributed by atoms with van der Waals surface area (Å²) in [5, 5.41) is 8.01. The third kappa shape index (κ3) is 3.53. The number of methoxy groups -OCH3 is 1. The van der Waals surface area contributed by atoms with Crippen LogP contribution in [0.25, 0.3) is 0 Å². The molecular formula is C21H27N3O3S. The SMILES string of the molecule is COc1ccccc1[C@H]1SCC(=O)Nc2c1c(C)nn2[C@H]1CCOC(C)(C)C1. The molecule has 4 rings (SSSR count). The molecule has 0 radical (unpaired) electrons. The van der Waals surface area contributed by atoms with Gasteiger partial charge in [0.25, 0.3) is 0 Å². The number of nitrogens with one attached hydrogen (secondary N) is 1. The standard InChI is InChI=1S/C21H27N3O3S/c1-13-18-19(15-7-5-6-8-16(15)26-4)28-12-17(25)22-20(18)24(23-13)14-9-10-27-21(2,3)11-14/h5-8,14,19H,9-12H2,1-4H3,(H,22,25)/t14-,19+/m0/s1. The zero-order valence-electron chi connectivity index (χ0n) is 16.8. The molecule has 1 fully saturated rings. The summed E-state index contributed by atoms with van der Waals surface area (Å²) in [7, 11) is 1.69. The second-order valence-corrected chi connectivity index (χ2v) is 9.12. The van der Waals surface area contributed by atoms with Crippen molar-refractivity contribution < 1.29 is 14.3 Å². The second kappa shape index (κ2) is 7.44. The number of benzene rings is 1. The molecule has 7 heteroatoms. The molecule has 2 aliphatic rings. The van der Waals surface area contributed by atoms with Crippen LogP contribution in [0.15, 0.2) is 24.3 Å². The van der Waals surface area contributed by atoms with Gasteiger partial charge in [-0.25, -0.2) is 4.68 Å². The van der Waals surface area contributed by atoms with Gasteiger partial charge in [-0.15, -0.1) is 11.8 Å². The van der Waals surface area contributed by atoms with Gasteiger partial charge in [-0.05, 0) is 39.7 Å². The fourth-order valence-corrected chi connectivity index (χ4v) is 5.42. The molecule has 150 valence electrons. The number of rotatable bonds is 3. The molecule has 1 N–H and O–H groups in total. The van der Waals surface area contributed by atoms with Gasteiger partial charge in [0.05, 0.1) is 35.4 Å². The van der Waals surface area contributed by atoms with Gasteiger partial charge in [0.15, 0.2) is 0 Å². The van der Waals surface area contributed by atoms with Crippen molar-refractivity contribution in [3.05, 3.63) is 41.1 Å². The molecule has 1 aromatic heterocycles. The monoisotopic (exact) mass is 401 g/mol. The van der Waals surface area contributed by atoms with Gasteiger partial charge in [-0.2, -0.15) is 5.10 Å². The second-order valence-electron chi connectivity index (χ2n) is 8.03. The molecule has 0 saturated carbocycles. The minimum absolute atomic E-state index is 0.00768. The van der Waals surface area contributed by atoms with E-state index in [0.717, 1.165) is 41.2 Å². The Balaban J connectivity index is 1.82. The molecule has 0 bridgehead atoms. The Morgan fingerprint density at radius 1 is 1.36 bits per heavy atom. The number of thioether (sulfide) groups is 1. The number of hydrogen-bond donors (Lipinski definition) is 1. The van der Waals surface area contributed by atoms with Crippen LogP contribution in [0.4, 0.5) is 5.82 Å². The van der Waals surface area contributed by atoms with Crippen LogP contribution in [-0.4, -0.2) is 40.8 Å². The Morgan fingerprint density at radius 3 is 2.89 bits per heavy atom. The van der Waals surface area contributed by atoms with Gasteiger partial charge in [-0.1, -0.05) is 18.2 Å². The Bertz CT molecular complexity index is 893. The lowest BCUT2D eigenvalue weighted by Crippen LogP contribution is -2.36. The third-order valence-electron chi connectivity index (χ3n) is 5.47. The number of anilines is 1. The fourth-order valence-electron chi connectivity index (χ4n) is 4.21. The van der Waals surface area contributed by atoms with Gasteiger partial charge in [0.1, 0.15) is 11.6 Å². The quantitative estimate of drug-likeness (QED) is 0.839. The molecule has 2 atom stereocenters. The number of carbonyl (C=O) groups excluding carboxylic acids is 1. The zero-order valence-corrected chi connectivity index (χ0v) is 17.6. The van der Waals surface area contributed by atoms with E-state index < -0.39 is 0 Å². The molecule has 3 heterocycles. The van der Waals surface area contributed by atoms with Crippen LogP contribution in [0.5, 0.6) is 5.75 Å². The highest BCUT2D eigenvalue weighted by Crippen LogP contribution is 2.47. The Kier molecular flexibility index (Phi) is 5.14. The number of para-hydroxylation sites is 1. The first kappa shape index (κ1) is 19.3. The summed E-state index contributed by atoms with van der Waals surface area (Å²) in [6, 6.07) is 8.22. The molecule has 1 aromatic carbocycles. The van der Waals surface area contributed by atoms with E-state index in [9.17, 15) is 4.79 Å². The van der Waals surface area contributed by atoms with E-state index in [1.165, 1.54) is 0 Å². The van der Waals surface area contributed by atoms with Crippen molar-refractivity contribution in [3.63, 3.8) is 0 Å². The summed E-state index contributed by atoms with van der Waals surface area (Å²) in [5.41, 5.74) is 2.90. The van der Waals surface area contributed by atoms with Crippen molar-refractivity contribution in [1.29, 1.82) is 0 Å². The van der Waals surface area contributed by atoms with Crippen LogP contribution >= 0.6 is 11.8 Å². The predicted molar refractivity (Wildman–Crippen MR) is 111 cm³/mol. The highest BCUT2D eigenvalue weighted by atomic mass is 32.2. The first-order valence-corrected chi connectivity index (χ1v) is 10.7. The average Bonchev–Trinajstić information content (AvgIpc) is 2.87. The van der Waals surface area contributed by atoms with Crippen molar-refractivity contribution in [2.45, 2.75) is 50.5 Å². The average molecular weight is 402 g/mol. The van der Waals surface area contributed by atoms with Crippen molar-refractivity contribution in [1.82, 2.24) is 9.78 Å². The van der Waals surface area contributed by atoms with Crippen LogP contribution in [0.1, 0.15) is 54.8 Å². The van der Waals surface area contributed by atoms with Gasteiger partial charge >= 0.3 is 0 Å². The molecular weight excluding hydrogens is 374 g/mol. The lowest BCUT2D eigenvalue weighted by molar-refractivity contribution is -0.113. The molecule has 2 aliphatic heterocycles. The number of carbonyl (C=O) groups is 1. The lowest BCUT2D eigenvalue weighted by Gasteiger charge is -2.36. The number of aromatic nitrogens is 2. The van der Waals surface area contributed by atoms with Crippen LogP contribution in [0, 0.1) is 6.92 Å². The van der Waals surface area contributed by atoms with Crippen molar-refractivity contribution in [3.8, 4) is 5.75 Å². The molecule has 0 unspecified atom stereocenters. The number of ether oxygens (including phenoxy) is 2.